The molecule has 4 rings (SSSR count). The van der Waals surface area contributed by atoms with Crippen molar-refractivity contribution >= 4 is 10.8 Å². The van der Waals surface area contributed by atoms with Crippen molar-refractivity contribution in [3.05, 3.63) is 118 Å². The number of hydrogen-bond donors (Lipinski definition) is 0. The Balaban J connectivity index is 1.44. The summed E-state index contributed by atoms with van der Waals surface area (Å²) in [5.74, 6) is -0.315. The first-order chi connectivity index (χ1) is 16.1. The zero-order valence-corrected chi connectivity index (χ0v) is 18.9. The number of rotatable bonds is 8. The summed E-state index contributed by atoms with van der Waals surface area (Å²) in [5, 5.41) is 10.4. The molecular weight excluding hydrogens is 412 g/mol. The summed E-state index contributed by atoms with van der Waals surface area (Å²) < 4.78 is 29.5. The van der Waals surface area contributed by atoms with E-state index in [0.29, 0.717) is 35.8 Å². The molecule has 0 N–H and O–H groups in total. The average Bonchev–Trinajstić information content (AvgIpc) is 2.83. The molecule has 0 saturated heterocycles. The predicted molar refractivity (Wildman–Crippen MR) is 130 cm³/mol. The van der Waals surface area contributed by atoms with Gasteiger partial charge in [0, 0.05) is 5.39 Å². The van der Waals surface area contributed by atoms with E-state index >= 15 is 4.39 Å². The van der Waals surface area contributed by atoms with Crippen molar-refractivity contribution in [3.8, 4) is 6.07 Å². The number of nitriles is 1. The highest BCUT2D eigenvalue weighted by atomic mass is 19.1. The molecule has 0 heterocycles. The van der Waals surface area contributed by atoms with E-state index in [1.54, 1.807) is 18.2 Å². The molecule has 4 aromatic rings. The zero-order valence-electron chi connectivity index (χ0n) is 18.9. The fourth-order valence-electron chi connectivity index (χ4n) is 4.28. The number of aryl methyl sites for hydroxylation is 5. The third-order valence-corrected chi connectivity index (χ3v) is 6.20. The highest BCUT2D eigenvalue weighted by Crippen LogP contribution is 2.25. The highest BCUT2D eigenvalue weighted by Gasteiger charge is 2.10. The van der Waals surface area contributed by atoms with Gasteiger partial charge in [-0.3, -0.25) is 0 Å². The van der Waals surface area contributed by atoms with Gasteiger partial charge >= 0.3 is 0 Å². The van der Waals surface area contributed by atoms with Crippen LogP contribution in [-0.2, 0) is 32.1 Å². The number of hydrogen-bond acceptors (Lipinski definition) is 1. The smallest absolute Gasteiger partial charge is 0.134 e. The van der Waals surface area contributed by atoms with Gasteiger partial charge in [0.15, 0.2) is 0 Å². The molecule has 0 radical (unpaired) electrons. The molecule has 1 nitrogen and oxygen atoms in total. The monoisotopic (exact) mass is 439 g/mol. The van der Waals surface area contributed by atoms with E-state index in [-0.39, 0.29) is 11.6 Å². The summed E-state index contributed by atoms with van der Waals surface area (Å²) in [6.45, 7) is 2.09. The molecule has 0 bridgehead atoms. The maximum absolute atomic E-state index is 15.1. The summed E-state index contributed by atoms with van der Waals surface area (Å²) in [6.07, 6.45) is 4.54. The second kappa shape index (κ2) is 10.4. The van der Waals surface area contributed by atoms with Gasteiger partial charge in [0.25, 0.3) is 0 Å². The second-order valence-electron chi connectivity index (χ2n) is 8.58. The van der Waals surface area contributed by atoms with Gasteiger partial charge in [-0.15, -0.1) is 0 Å². The topological polar surface area (TPSA) is 23.8 Å². The summed E-state index contributed by atoms with van der Waals surface area (Å²) in [6, 6.07) is 24.7. The highest BCUT2D eigenvalue weighted by molar-refractivity contribution is 5.84. The van der Waals surface area contributed by atoms with E-state index in [9.17, 15) is 4.39 Å². The lowest BCUT2D eigenvalue weighted by Gasteiger charge is -2.10. The fraction of sp³-hybridized carbons (Fsp3) is 0.233. The van der Waals surface area contributed by atoms with Gasteiger partial charge in [-0.25, -0.2) is 8.78 Å². The first-order valence-corrected chi connectivity index (χ1v) is 11.5. The Kier molecular flexibility index (Phi) is 7.15. The SMILES string of the molecule is CCCc1ccc(CCc2ccc3c(F)c(CCc4ccc(C#N)cc4)ccc3c2)c(F)c1. The first-order valence-electron chi connectivity index (χ1n) is 11.5. The Bertz CT molecular complexity index is 1300. The van der Waals surface area contributed by atoms with Gasteiger partial charge in [-0.1, -0.05) is 67.9 Å². The van der Waals surface area contributed by atoms with Crippen LogP contribution in [0.2, 0.25) is 0 Å². The van der Waals surface area contributed by atoms with Gasteiger partial charge in [0.05, 0.1) is 11.6 Å². The van der Waals surface area contributed by atoms with E-state index in [0.717, 1.165) is 46.9 Å². The lowest BCUT2D eigenvalue weighted by Crippen LogP contribution is -1.98. The molecule has 0 aliphatic heterocycles. The molecule has 33 heavy (non-hydrogen) atoms. The molecule has 0 atom stereocenters. The van der Waals surface area contributed by atoms with Crippen LogP contribution in [0.3, 0.4) is 0 Å². The normalized spacial score (nSPS) is 11.0. The maximum Gasteiger partial charge on any atom is 0.134 e. The van der Waals surface area contributed by atoms with Crippen LogP contribution in [0.25, 0.3) is 10.8 Å². The Hall–Kier alpha value is -3.51. The summed E-state index contributed by atoms with van der Waals surface area (Å²) in [7, 11) is 0. The van der Waals surface area contributed by atoms with Crippen LogP contribution < -0.4 is 0 Å². The number of benzene rings is 4. The van der Waals surface area contributed by atoms with E-state index < -0.39 is 0 Å². The van der Waals surface area contributed by atoms with Crippen molar-refractivity contribution in [2.24, 2.45) is 0 Å². The molecule has 0 aliphatic rings. The molecule has 166 valence electrons. The largest absolute Gasteiger partial charge is 0.207 e. The van der Waals surface area contributed by atoms with Gasteiger partial charge in [0.1, 0.15) is 11.6 Å². The van der Waals surface area contributed by atoms with Gasteiger partial charge in [-0.05, 0) is 83.5 Å². The van der Waals surface area contributed by atoms with Crippen molar-refractivity contribution in [2.75, 3.05) is 0 Å². The number of fused-ring (bicyclic) bond motifs is 1. The molecule has 0 spiro atoms. The first kappa shape index (κ1) is 22.7. The van der Waals surface area contributed by atoms with Crippen LogP contribution in [0.5, 0.6) is 0 Å². The predicted octanol–water partition coefficient (Wildman–Crippen LogP) is 7.51. The summed E-state index contributed by atoms with van der Waals surface area (Å²) in [5.41, 5.74) is 5.23. The van der Waals surface area contributed by atoms with E-state index in [2.05, 4.69) is 13.0 Å². The van der Waals surface area contributed by atoms with E-state index in [4.69, 9.17) is 5.26 Å². The fourth-order valence-corrected chi connectivity index (χ4v) is 4.28. The molecule has 0 aliphatic carbocycles. The lowest BCUT2D eigenvalue weighted by atomic mass is 9.96. The summed E-state index contributed by atoms with van der Waals surface area (Å²) >= 11 is 0. The maximum atomic E-state index is 15.1. The minimum atomic E-state index is -0.176. The minimum Gasteiger partial charge on any atom is -0.207 e. The molecule has 4 aromatic carbocycles. The second-order valence-corrected chi connectivity index (χ2v) is 8.58. The van der Waals surface area contributed by atoms with E-state index in [1.165, 1.54) is 0 Å². The Morgan fingerprint density at radius 3 is 2.03 bits per heavy atom. The van der Waals surface area contributed by atoms with Crippen LogP contribution in [0, 0.1) is 23.0 Å². The Morgan fingerprint density at radius 1 is 0.667 bits per heavy atom. The van der Waals surface area contributed by atoms with Crippen LogP contribution in [-0.4, -0.2) is 0 Å². The van der Waals surface area contributed by atoms with Crippen LogP contribution >= 0.6 is 0 Å². The molecule has 0 fully saturated rings. The lowest BCUT2D eigenvalue weighted by molar-refractivity contribution is 0.606. The van der Waals surface area contributed by atoms with Gasteiger partial charge < -0.3 is 0 Å². The van der Waals surface area contributed by atoms with Crippen LogP contribution in [0.1, 0.15) is 46.7 Å². The van der Waals surface area contributed by atoms with Gasteiger partial charge in [0.2, 0.25) is 0 Å². The molecular formula is C30H27F2N. The summed E-state index contributed by atoms with van der Waals surface area (Å²) in [4.78, 5) is 0. The van der Waals surface area contributed by atoms with Crippen LogP contribution in [0.15, 0.2) is 72.8 Å². The zero-order chi connectivity index (χ0) is 23.2. The molecule has 0 amide bonds. The van der Waals surface area contributed by atoms with Crippen molar-refractivity contribution in [1.82, 2.24) is 0 Å². The van der Waals surface area contributed by atoms with E-state index in [1.807, 2.05) is 54.6 Å². The number of nitrogens with zero attached hydrogens (tertiary/aromatic N) is 1. The number of halogens is 2. The van der Waals surface area contributed by atoms with Crippen molar-refractivity contribution in [3.63, 3.8) is 0 Å². The third-order valence-electron chi connectivity index (χ3n) is 6.20. The van der Waals surface area contributed by atoms with Crippen molar-refractivity contribution in [2.45, 2.75) is 45.4 Å². The standard InChI is InChI=1S/C30H27F2N/c1-2-3-22-9-12-25(29(31)19-22)13-10-23-11-17-28-27(18-23)16-15-26(30(28)32)14-8-21-4-6-24(20-33)7-5-21/h4-7,9,11-12,15-19H,2-3,8,10,13-14H2,1H3. The molecule has 0 aromatic heterocycles. The molecule has 0 unspecified atom stereocenters. The van der Waals surface area contributed by atoms with Crippen LogP contribution in [0.4, 0.5) is 8.78 Å². The Morgan fingerprint density at radius 2 is 1.30 bits per heavy atom. The average molecular weight is 440 g/mol. The Labute approximate surface area is 194 Å². The van der Waals surface area contributed by atoms with Gasteiger partial charge in [-0.2, -0.15) is 5.26 Å². The minimum absolute atomic E-state index is 0.139. The van der Waals surface area contributed by atoms with Crippen molar-refractivity contribution < 1.29 is 8.78 Å². The quantitative estimate of drug-likeness (QED) is 0.279. The van der Waals surface area contributed by atoms with Crippen molar-refractivity contribution in [1.29, 1.82) is 5.26 Å². The third kappa shape index (κ3) is 5.46. The molecule has 3 heteroatoms. The molecule has 0 saturated carbocycles.